The summed E-state index contributed by atoms with van der Waals surface area (Å²) in [7, 11) is -15.9. The molecule has 0 saturated heterocycles. The van der Waals surface area contributed by atoms with Crippen molar-refractivity contribution < 1.29 is 61.9 Å². The van der Waals surface area contributed by atoms with Crippen molar-refractivity contribution in [2.75, 3.05) is 0 Å². The van der Waals surface area contributed by atoms with Crippen molar-refractivity contribution in [1.29, 1.82) is 0 Å². The Morgan fingerprint density at radius 3 is 1.00 bits per heavy atom. The summed E-state index contributed by atoms with van der Waals surface area (Å²) >= 11 is 0. The van der Waals surface area contributed by atoms with Crippen LogP contribution in [0.1, 0.15) is 0 Å². The average Bonchev–Trinajstić information content (AvgIpc) is 1.94. The highest BCUT2D eigenvalue weighted by Gasteiger charge is 2.57. The Morgan fingerprint density at radius 1 is 0.737 bits per heavy atom. The van der Waals surface area contributed by atoms with Crippen LogP contribution in [0.3, 0.4) is 0 Å². The van der Waals surface area contributed by atoms with E-state index in [9.17, 15) is 43.2 Å². The molecule has 0 aromatic rings. The minimum absolute atomic E-state index is 2.05. The fourth-order valence-electron chi connectivity index (χ4n) is 0.195. The molecule has 0 fully saturated rings. The Balaban J connectivity index is 0. The molecule has 116 valence electrons. The Labute approximate surface area is 101 Å². The number of alkyl halides is 6. The van der Waals surface area contributed by atoms with Crippen LogP contribution in [-0.4, -0.2) is 50.2 Å². The van der Waals surface area contributed by atoms with Crippen LogP contribution < -0.4 is 0 Å². The first kappa shape index (κ1) is 20.7. The zero-order valence-corrected chi connectivity index (χ0v) is 9.68. The van der Waals surface area contributed by atoms with E-state index in [4.69, 9.17) is 15.1 Å². The summed E-state index contributed by atoms with van der Waals surface area (Å²) in [6, 6.07) is 0. The third kappa shape index (κ3) is 7.52. The summed E-state index contributed by atoms with van der Waals surface area (Å²) < 4.78 is 110. The molecular weight excluding hydrogens is 341 g/mol. The Bertz CT molecular complexity index is 428. The lowest BCUT2D eigenvalue weighted by Gasteiger charge is -2.09. The predicted octanol–water partition coefficient (Wildman–Crippen LogP) is -1.35. The fraction of sp³-hybridized carbons (Fsp3) is 1.00. The van der Waals surface area contributed by atoms with Gasteiger partial charge in [0, 0.05) is 0 Å². The van der Waals surface area contributed by atoms with E-state index in [1.165, 1.54) is 0 Å². The molecule has 8 nitrogen and oxygen atoms in total. The summed E-state index contributed by atoms with van der Waals surface area (Å²) in [5.41, 5.74) is -12.5. The van der Waals surface area contributed by atoms with Gasteiger partial charge in [-0.1, -0.05) is 0 Å². The second-order valence-electron chi connectivity index (χ2n) is 2.21. The lowest BCUT2D eigenvalue weighted by molar-refractivity contribution is -0.0585. The van der Waals surface area contributed by atoms with Gasteiger partial charge in [0.05, 0.1) is 0 Å². The molecule has 0 saturated carbocycles. The summed E-state index contributed by atoms with van der Waals surface area (Å²) in [5, 5.41) is 21.5. The molecule has 0 aliphatic rings. The molecule has 0 spiro atoms. The zero-order valence-electron chi connectivity index (χ0n) is 8.04. The molecule has 0 rings (SSSR count). The molecule has 17 heteroatoms. The third-order valence-electron chi connectivity index (χ3n) is 0.746. The largest absolute Gasteiger partial charge is 0.631 e. The number of halogens is 6. The first-order chi connectivity index (χ1) is 7.94. The first-order valence-electron chi connectivity index (χ1n) is 3.32. The van der Waals surface area contributed by atoms with E-state index in [0.717, 1.165) is 0 Å². The van der Waals surface area contributed by atoms with Crippen molar-refractivity contribution in [2.45, 2.75) is 11.0 Å². The molecule has 0 aromatic heterocycles. The number of hydrogen-bond donors (Lipinski definition) is 3. The van der Waals surface area contributed by atoms with Crippen LogP contribution in [0.5, 0.6) is 0 Å². The molecule has 0 heterocycles. The maximum atomic E-state index is 11.4. The van der Waals surface area contributed by atoms with Gasteiger partial charge in [0.15, 0.2) is 0 Å². The molecule has 0 bridgehead atoms. The highest BCUT2D eigenvalue weighted by molar-refractivity contribution is 8.00. The van der Waals surface area contributed by atoms with Crippen LogP contribution in [0.2, 0.25) is 0 Å². The standard InChI is InChI=1S/C2F6O5S2.BH3O3/c3-1(4,5)14(9,10)13-15(11,12)2(6,7)8;2-1(3)4/h;2-4H. The average molecular weight is 344 g/mol. The van der Waals surface area contributed by atoms with Gasteiger partial charge in [0.25, 0.3) is 0 Å². The predicted molar refractivity (Wildman–Crippen MR) is 43.4 cm³/mol. The Morgan fingerprint density at radius 2 is 0.895 bits per heavy atom. The minimum Gasteiger partial charge on any atom is -0.402 e. The number of rotatable bonds is 2. The van der Waals surface area contributed by atoms with Crippen LogP contribution in [0.4, 0.5) is 26.3 Å². The molecule has 0 aliphatic carbocycles. The summed E-state index contributed by atoms with van der Waals surface area (Å²) in [6.45, 7) is 0. The van der Waals surface area contributed by atoms with Crippen LogP contribution in [0.25, 0.3) is 0 Å². The molecule has 0 amide bonds. The Kier molecular flexibility index (Phi) is 6.78. The van der Waals surface area contributed by atoms with Crippen molar-refractivity contribution in [3.63, 3.8) is 0 Å². The molecule has 0 aromatic carbocycles. The normalized spacial score (nSPS) is 13.5. The quantitative estimate of drug-likeness (QED) is 0.318. The first-order valence-corrected chi connectivity index (χ1v) is 6.13. The van der Waals surface area contributed by atoms with Gasteiger partial charge in [0.2, 0.25) is 0 Å². The van der Waals surface area contributed by atoms with Gasteiger partial charge in [-0.3, -0.25) is 0 Å². The Hall–Kier alpha value is -0.615. The van der Waals surface area contributed by atoms with Crippen LogP contribution in [0.15, 0.2) is 0 Å². The van der Waals surface area contributed by atoms with Crippen molar-refractivity contribution in [3.8, 4) is 0 Å². The van der Waals surface area contributed by atoms with E-state index in [2.05, 4.69) is 0 Å². The van der Waals surface area contributed by atoms with E-state index in [1.807, 2.05) is 3.63 Å². The van der Waals surface area contributed by atoms with Gasteiger partial charge in [-0.05, 0) is 0 Å². The molecule has 0 aliphatic heterocycles. The van der Waals surface area contributed by atoms with E-state index in [1.54, 1.807) is 0 Å². The molecular formula is C2H3BF6O8S2. The summed E-state index contributed by atoms with van der Waals surface area (Å²) in [6.07, 6.45) is 0. The smallest absolute Gasteiger partial charge is 0.402 e. The lowest BCUT2D eigenvalue weighted by atomic mass is 10.3. The third-order valence-corrected chi connectivity index (χ3v) is 3.31. The summed E-state index contributed by atoms with van der Waals surface area (Å²) in [4.78, 5) is 0. The van der Waals surface area contributed by atoms with Crippen LogP contribution >= 0.6 is 0 Å². The fourth-order valence-corrected chi connectivity index (χ4v) is 1.76. The van der Waals surface area contributed by atoms with Crippen molar-refractivity contribution in [1.82, 2.24) is 0 Å². The monoisotopic (exact) mass is 344 g/mol. The van der Waals surface area contributed by atoms with E-state index < -0.39 is 38.6 Å². The molecule has 0 atom stereocenters. The van der Waals surface area contributed by atoms with Gasteiger partial charge < -0.3 is 15.1 Å². The SMILES string of the molecule is O=S(=O)(OS(=O)(=O)C(F)(F)F)C(F)(F)F.OB(O)O. The van der Waals surface area contributed by atoms with Gasteiger partial charge in [0.1, 0.15) is 0 Å². The molecule has 3 N–H and O–H groups in total. The highest BCUT2D eigenvalue weighted by Crippen LogP contribution is 2.31. The van der Waals surface area contributed by atoms with E-state index >= 15 is 0 Å². The van der Waals surface area contributed by atoms with Crippen LogP contribution in [0, 0.1) is 0 Å². The maximum Gasteiger partial charge on any atom is 0.631 e. The topological polar surface area (TPSA) is 138 Å². The van der Waals surface area contributed by atoms with Gasteiger partial charge >= 0.3 is 38.6 Å². The second kappa shape index (κ2) is 6.22. The van der Waals surface area contributed by atoms with Crippen molar-refractivity contribution in [3.05, 3.63) is 0 Å². The molecule has 0 radical (unpaired) electrons. The zero-order chi connectivity index (χ0) is 16.3. The van der Waals surface area contributed by atoms with Gasteiger partial charge in [-0.2, -0.15) is 43.2 Å². The molecule has 19 heavy (non-hydrogen) atoms. The van der Waals surface area contributed by atoms with Crippen LogP contribution in [-0.2, 0) is 23.9 Å². The highest BCUT2D eigenvalue weighted by atomic mass is 32.3. The lowest BCUT2D eigenvalue weighted by Crippen LogP contribution is -2.34. The van der Waals surface area contributed by atoms with Gasteiger partial charge in [-0.15, -0.1) is 3.63 Å². The number of hydrogen-bond acceptors (Lipinski definition) is 8. The van der Waals surface area contributed by atoms with Gasteiger partial charge in [-0.25, -0.2) is 0 Å². The van der Waals surface area contributed by atoms with Crippen molar-refractivity contribution in [2.24, 2.45) is 0 Å². The van der Waals surface area contributed by atoms with E-state index in [0.29, 0.717) is 0 Å². The maximum absolute atomic E-state index is 11.4. The minimum atomic E-state index is -6.85. The van der Waals surface area contributed by atoms with Crippen molar-refractivity contribution >= 4 is 27.6 Å². The second-order valence-corrected chi connectivity index (χ2v) is 5.50. The summed E-state index contributed by atoms with van der Waals surface area (Å²) in [5.74, 6) is 0. The van der Waals surface area contributed by atoms with E-state index in [-0.39, 0.29) is 0 Å². The molecule has 0 unspecified atom stereocenters.